The third-order valence-corrected chi connectivity index (χ3v) is 6.98. The minimum Gasteiger partial charge on any atom is -0.354 e. The fourth-order valence-corrected chi connectivity index (χ4v) is 4.79. The van der Waals surface area contributed by atoms with Crippen molar-refractivity contribution in [1.29, 1.82) is 0 Å². The molecule has 1 aliphatic carbocycles. The molecule has 1 unspecified atom stereocenters. The summed E-state index contributed by atoms with van der Waals surface area (Å²) in [6, 6.07) is 9.62. The maximum Gasteiger partial charge on any atom is 0.253 e. The summed E-state index contributed by atoms with van der Waals surface area (Å²) in [4.78, 5) is 32.6. The van der Waals surface area contributed by atoms with Gasteiger partial charge < -0.3 is 10.2 Å². The zero-order valence-corrected chi connectivity index (χ0v) is 18.6. The topological polar surface area (TPSA) is 93.0 Å². The van der Waals surface area contributed by atoms with Crippen LogP contribution >= 0.6 is 11.3 Å². The van der Waals surface area contributed by atoms with Gasteiger partial charge in [-0.15, -0.1) is 21.5 Å². The van der Waals surface area contributed by atoms with Crippen LogP contribution in [-0.2, 0) is 11.3 Å². The van der Waals surface area contributed by atoms with Crippen molar-refractivity contribution in [2.75, 3.05) is 24.5 Å². The number of hydrogen-bond acceptors (Lipinski definition) is 7. The first-order valence-electron chi connectivity index (χ1n) is 11.1. The van der Waals surface area contributed by atoms with Crippen LogP contribution in [0.5, 0.6) is 0 Å². The molecule has 2 fully saturated rings. The van der Waals surface area contributed by atoms with Crippen molar-refractivity contribution in [3.8, 4) is 10.6 Å². The third kappa shape index (κ3) is 4.72. The van der Waals surface area contributed by atoms with Crippen LogP contribution in [0.3, 0.4) is 0 Å². The molecule has 1 atom stereocenters. The van der Waals surface area contributed by atoms with E-state index >= 15 is 0 Å². The summed E-state index contributed by atoms with van der Waals surface area (Å²) in [7, 11) is 0. The Hall–Kier alpha value is -3.07. The summed E-state index contributed by atoms with van der Waals surface area (Å²) >= 11 is 1.64. The second-order valence-corrected chi connectivity index (χ2v) is 9.40. The Morgan fingerprint density at radius 2 is 2.09 bits per heavy atom. The molecular formula is C23H26N6O2S. The molecular weight excluding hydrogens is 424 g/mol. The highest BCUT2D eigenvalue weighted by molar-refractivity contribution is 7.13. The Bertz CT molecular complexity index is 1120. The number of rotatable bonds is 7. The van der Waals surface area contributed by atoms with E-state index in [-0.39, 0.29) is 17.4 Å². The van der Waals surface area contributed by atoms with Crippen LogP contribution in [-0.4, -0.2) is 45.3 Å². The summed E-state index contributed by atoms with van der Waals surface area (Å²) in [5.41, 5.74) is 1.71. The Morgan fingerprint density at radius 1 is 1.19 bits per heavy atom. The maximum atomic E-state index is 12.7. The highest BCUT2D eigenvalue weighted by Gasteiger charge is 2.27. The number of amides is 1. The number of nitrogens with one attached hydrogen (secondary N) is 1. The summed E-state index contributed by atoms with van der Waals surface area (Å²) in [6.45, 7) is 2.32. The monoisotopic (exact) mass is 450 g/mol. The van der Waals surface area contributed by atoms with Crippen LogP contribution < -0.4 is 15.8 Å². The fraction of sp³-hybridized carbons (Fsp3) is 0.435. The number of aromatic nitrogens is 4. The van der Waals surface area contributed by atoms with E-state index in [1.54, 1.807) is 28.3 Å². The van der Waals surface area contributed by atoms with Crippen molar-refractivity contribution in [2.24, 2.45) is 5.92 Å². The third-order valence-electron chi connectivity index (χ3n) is 6.09. The van der Waals surface area contributed by atoms with Crippen LogP contribution in [0.15, 0.2) is 46.8 Å². The fourth-order valence-electron chi connectivity index (χ4n) is 4.10. The van der Waals surface area contributed by atoms with Crippen LogP contribution in [0.1, 0.15) is 37.3 Å². The molecule has 5 rings (SSSR count). The van der Waals surface area contributed by atoms with Crippen molar-refractivity contribution in [3.63, 3.8) is 0 Å². The predicted molar refractivity (Wildman–Crippen MR) is 124 cm³/mol. The molecule has 32 heavy (non-hydrogen) atoms. The van der Waals surface area contributed by atoms with Gasteiger partial charge in [-0.05, 0) is 49.3 Å². The molecule has 1 saturated heterocycles. The zero-order chi connectivity index (χ0) is 21.9. The van der Waals surface area contributed by atoms with Gasteiger partial charge in [-0.25, -0.2) is 4.98 Å². The standard InChI is InChI=1S/C23H26N6O2S/c30-22-13-19(16-5-6-16)25-15-29(22)11-9-24-23(31)17-3-1-10-28(14-17)21-8-7-18(26-27-21)20-4-2-12-32-20/h2,4,7-8,12-13,15-17H,1,3,5-6,9-11,14H2,(H,24,31). The van der Waals surface area contributed by atoms with E-state index in [1.165, 1.54) is 0 Å². The molecule has 1 amide bonds. The normalized spacial score (nSPS) is 18.5. The second kappa shape index (κ2) is 9.20. The van der Waals surface area contributed by atoms with Gasteiger partial charge in [-0.1, -0.05) is 6.07 Å². The van der Waals surface area contributed by atoms with E-state index in [1.807, 2.05) is 29.6 Å². The lowest BCUT2D eigenvalue weighted by atomic mass is 9.97. The first-order valence-corrected chi connectivity index (χ1v) is 12.0. The molecule has 8 nitrogen and oxygen atoms in total. The van der Waals surface area contributed by atoms with Gasteiger partial charge in [0.05, 0.1) is 22.8 Å². The predicted octanol–water partition coefficient (Wildman–Crippen LogP) is 2.67. The van der Waals surface area contributed by atoms with E-state index in [9.17, 15) is 9.59 Å². The molecule has 166 valence electrons. The molecule has 0 aromatic carbocycles. The zero-order valence-electron chi connectivity index (χ0n) is 17.8. The molecule has 9 heteroatoms. The minimum absolute atomic E-state index is 0.0217. The van der Waals surface area contributed by atoms with Crippen molar-refractivity contribution >= 4 is 23.1 Å². The van der Waals surface area contributed by atoms with E-state index in [2.05, 4.69) is 25.4 Å². The lowest BCUT2D eigenvalue weighted by Crippen LogP contribution is -2.44. The Kier molecular flexibility index (Phi) is 5.98. The van der Waals surface area contributed by atoms with E-state index in [4.69, 9.17) is 0 Å². The van der Waals surface area contributed by atoms with Gasteiger partial charge in [-0.3, -0.25) is 14.2 Å². The minimum atomic E-state index is -0.102. The number of thiophene rings is 1. The van der Waals surface area contributed by atoms with Crippen molar-refractivity contribution < 1.29 is 4.79 Å². The number of anilines is 1. The smallest absolute Gasteiger partial charge is 0.253 e. The van der Waals surface area contributed by atoms with Gasteiger partial charge in [0.1, 0.15) is 5.69 Å². The van der Waals surface area contributed by atoms with Crippen LogP contribution in [0, 0.1) is 5.92 Å². The van der Waals surface area contributed by atoms with Crippen LogP contribution in [0.25, 0.3) is 10.6 Å². The SMILES string of the molecule is O=C(NCCn1cnc(C2CC2)cc1=O)C1CCCN(c2ccc(-c3cccs3)nn2)C1. The summed E-state index contributed by atoms with van der Waals surface area (Å²) in [5, 5.41) is 13.8. The number of hydrogen-bond donors (Lipinski definition) is 1. The van der Waals surface area contributed by atoms with E-state index in [0.717, 1.165) is 54.3 Å². The first kappa shape index (κ1) is 20.8. The van der Waals surface area contributed by atoms with Gasteiger partial charge in [0, 0.05) is 38.2 Å². The summed E-state index contributed by atoms with van der Waals surface area (Å²) in [6.07, 6.45) is 5.62. The van der Waals surface area contributed by atoms with Gasteiger partial charge in [0.15, 0.2) is 5.82 Å². The molecule has 1 aliphatic heterocycles. The lowest BCUT2D eigenvalue weighted by molar-refractivity contribution is -0.125. The number of carbonyl (C=O) groups is 1. The van der Waals surface area contributed by atoms with Crippen molar-refractivity contribution in [1.82, 2.24) is 25.1 Å². The molecule has 0 bridgehead atoms. The van der Waals surface area contributed by atoms with Gasteiger partial charge >= 0.3 is 0 Å². The summed E-state index contributed by atoms with van der Waals surface area (Å²) < 4.78 is 1.56. The number of piperidine rings is 1. The van der Waals surface area contributed by atoms with E-state index < -0.39 is 0 Å². The average Bonchev–Trinajstić information content (AvgIpc) is 3.54. The molecule has 3 aromatic rings. The summed E-state index contributed by atoms with van der Waals surface area (Å²) in [5.74, 6) is 1.18. The maximum absolute atomic E-state index is 12.7. The number of nitrogens with zero attached hydrogens (tertiary/aromatic N) is 5. The Labute approximate surface area is 190 Å². The average molecular weight is 451 g/mol. The molecule has 1 saturated carbocycles. The Balaban J connectivity index is 1.14. The molecule has 4 heterocycles. The number of carbonyl (C=O) groups excluding carboxylic acids is 1. The molecule has 3 aromatic heterocycles. The van der Waals surface area contributed by atoms with Crippen LogP contribution in [0.4, 0.5) is 5.82 Å². The Morgan fingerprint density at radius 3 is 2.81 bits per heavy atom. The molecule has 2 aliphatic rings. The van der Waals surface area contributed by atoms with Gasteiger partial charge in [0.25, 0.3) is 5.56 Å². The van der Waals surface area contributed by atoms with Crippen molar-refractivity contribution in [2.45, 2.75) is 38.1 Å². The lowest BCUT2D eigenvalue weighted by Gasteiger charge is -2.32. The molecule has 0 radical (unpaired) electrons. The first-order chi connectivity index (χ1) is 15.7. The quantitative estimate of drug-likeness (QED) is 0.595. The second-order valence-electron chi connectivity index (χ2n) is 8.45. The highest BCUT2D eigenvalue weighted by Crippen LogP contribution is 2.38. The van der Waals surface area contributed by atoms with Crippen LogP contribution in [0.2, 0.25) is 0 Å². The highest BCUT2D eigenvalue weighted by atomic mass is 32.1. The van der Waals surface area contributed by atoms with Gasteiger partial charge in [-0.2, -0.15) is 0 Å². The van der Waals surface area contributed by atoms with Crippen molar-refractivity contribution in [3.05, 3.63) is 58.1 Å². The molecule has 1 N–H and O–H groups in total. The van der Waals surface area contributed by atoms with E-state index in [0.29, 0.717) is 25.6 Å². The van der Waals surface area contributed by atoms with Gasteiger partial charge in [0.2, 0.25) is 5.91 Å². The molecule has 0 spiro atoms. The largest absolute Gasteiger partial charge is 0.354 e.